The molecule has 112 valence electrons. The van der Waals surface area contributed by atoms with Crippen molar-refractivity contribution in [2.75, 3.05) is 33.5 Å². The number of carbonyl (C=O) groups is 2. The highest BCUT2D eigenvalue weighted by atomic mass is 16.6. The Bertz CT molecular complexity index is 379. The Morgan fingerprint density at radius 2 is 2.20 bits per heavy atom. The van der Waals surface area contributed by atoms with Gasteiger partial charge in [-0.05, 0) is 25.7 Å². The fourth-order valence-electron chi connectivity index (χ4n) is 2.26. The van der Waals surface area contributed by atoms with Crippen LogP contribution in [-0.2, 0) is 19.0 Å². The summed E-state index contributed by atoms with van der Waals surface area (Å²) in [6.07, 6.45) is 0.634. The van der Waals surface area contributed by atoms with Gasteiger partial charge in [0.05, 0.1) is 26.4 Å². The van der Waals surface area contributed by atoms with Gasteiger partial charge in [-0.3, -0.25) is 4.90 Å². The van der Waals surface area contributed by atoms with Gasteiger partial charge in [-0.2, -0.15) is 5.26 Å². The molecule has 1 rings (SSSR count). The minimum atomic E-state index is -0.646. The molecule has 0 aromatic heterocycles. The molecule has 1 amide bonds. The minimum Gasteiger partial charge on any atom is -0.464 e. The van der Waals surface area contributed by atoms with Gasteiger partial charge in [-0.1, -0.05) is 0 Å². The summed E-state index contributed by atoms with van der Waals surface area (Å²) in [5.74, 6) is -0.304. The van der Waals surface area contributed by atoms with E-state index in [1.165, 1.54) is 12.0 Å². The van der Waals surface area contributed by atoms with Crippen molar-refractivity contribution in [3.05, 3.63) is 0 Å². The van der Waals surface area contributed by atoms with Crippen molar-refractivity contribution in [1.82, 2.24) is 4.90 Å². The van der Waals surface area contributed by atoms with Crippen LogP contribution < -0.4 is 0 Å². The van der Waals surface area contributed by atoms with Crippen LogP contribution in [0.3, 0.4) is 0 Å². The highest BCUT2D eigenvalue weighted by Gasteiger charge is 2.37. The average molecular weight is 284 g/mol. The van der Waals surface area contributed by atoms with E-state index < -0.39 is 18.1 Å². The number of ether oxygens (including phenoxy) is 3. The Morgan fingerprint density at radius 3 is 2.80 bits per heavy atom. The van der Waals surface area contributed by atoms with Gasteiger partial charge in [0, 0.05) is 6.54 Å². The highest BCUT2D eigenvalue weighted by molar-refractivity contribution is 5.81. The number of methoxy groups -OCH3 is 1. The topological polar surface area (TPSA) is 88.9 Å². The number of hydrogen-bond acceptors (Lipinski definition) is 6. The average Bonchev–Trinajstić information content (AvgIpc) is 2.47. The summed E-state index contributed by atoms with van der Waals surface area (Å²) in [6, 6.07) is 1.25. The van der Waals surface area contributed by atoms with Crippen LogP contribution in [0.25, 0.3) is 0 Å². The van der Waals surface area contributed by atoms with Gasteiger partial charge in [0.2, 0.25) is 0 Å². The third-order valence-electron chi connectivity index (χ3n) is 3.20. The van der Waals surface area contributed by atoms with Gasteiger partial charge in [0.1, 0.15) is 12.6 Å². The molecule has 20 heavy (non-hydrogen) atoms. The van der Waals surface area contributed by atoms with Crippen molar-refractivity contribution in [3.8, 4) is 6.07 Å². The molecule has 0 radical (unpaired) electrons. The lowest BCUT2D eigenvalue weighted by Gasteiger charge is -2.36. The van der Waals surface area contributed by atoms with E-state index in [0.717, 1.165) is 0 Å². The molecule has 1 aliphatic rings. The SMILES string of the molecule is CCOC(=O)C1CC(COCC#N)CCN1C(=O)OC. The Hall–Kier alpha value is -1.81. The lowest BCUT2D eigenvalue weighted by atomic mass is 9.91. The largest absolute Gasteiger partial charge is 0.464 e. The number of amides is 1. The van der Waals surface area contributed by atoms with E-state index in [2.05, 4.69) is 4.74 Å². The molecule has 0 N–H and O–H groups in total. The molecule has 1 fully saturated rings. The van der Waals surface area contributed by atoms with Crippen LogP contribution in [-0.4, -0.2) is 56.5 Å². The first-order chi connectivity index (χ1) is 9.63. The molecule has 0 aromatic rings. The number of rotatable bonds is 5. The molecular weight excluding hydrogens is 264 g/mol. The summed E-state index contributed by atoms with van der Waals surface area (Å²) in [5.41, 5.74) is 0. The number of esters is 1. The van der Waals surface area contributed by atoms with E-state index >= 15 is 0 Å². The van der Waals surface area contributed by atoms with Crippen LogP contribution in [0.2, 0.25) is 0 Å². The lowest BCUT2D eigenvalue weighted by Crippen LogP contribution is -2.51. The Labute approximate surface area is 118 Å². The van der Waals surface area contributed by atoms with Gasteiger partial charge in [0.15, 0.2) is 0 Å². The van der Waals surface area contributed by atoms with E-state index in [-0.39, 0.29) is 19.1 Å². The minimum absolute atomic E-state index is 0.0291. The van der Waals surface area contributed by atoms with Crippen molar-refractivity contribution in [2.24, 2.45) is 5.92 Å². The van der Waals surface area contributed by atoms with Gasteiger partial charge in [-0.25, -0.2) is 9.59 Å². The normalized spacial score (nSPS) is 21.9. The van der Waals surface area contributed by atoms with Gasteiger partial charge >= 0.3 is 12.1 Å². The predicted molar refractivity (Wildman–Crippen MR) is 68.7 cm³/mol. The third kappa shape index (κ3) is 4.38. The maximum atomic E-state index is 11.9. The first-order valence-electron chi connectivity index (χ1n) is 6.59. The molecule has 1 aliphatic heterocycles. The fraction of sp³-hybridized carbons (Fsp3) is 0.769. The maximum absolute atomic E-state index is 11.9. The first kappa shape index (κ1) is 16.2. The van der Waals surface area contributed by atoms with E-state index in [0.29, 0.717) is 26.0 Å². The molecule has 2 atom stereocenters. The van der Waals surface area contributed by atoms with E-state index in [9.17, 15) is 9.59 Å². The fourth-order valence-corrected chi connectivity index (χ4v) is 2.26. The van der Waals surface area contributed by atoms with Crippen LogP contribution in [0.5, 0.6) is 0 Å². The molecule has 0 bridgehead atoms. The van der Waals surface area contributed by atoms with Crippen LogP contribution in [0, 0.1) is 17.2 Å². The summed E-state index contributed by atoms with van der Waals surface area (Å²) in [6.45, 7) is 2.83. The van der Waals surface area contributed by atoms with Crippen LogP contribution in [0.1, 0.15) is 19.8 Å². The number of nitrogens with zero attached hydrogens (tertiary/aromatic N) is 2. The van der Waals surface area contributed by atoms with Crippen molar-refractivity contribution in [1.29, 1.82) is 5.26 Å². The summed E-state index contributed by atoms with van der Waals surface area (Å²) in [4.78, 5) is 25.0. The molecule has 7 nitrogen and oxygen atoms in total. The summed E-state index contributed by atoms with van der Waals surface area (Å²) in [5, 5.41) is 8.43. The van der Waals surface area contributed by atoms with Gasteiger partial charge in [0.25, 0.3) is 0 Å². The smallest absolute Gasteiger partial charge is 0.410 e. The molecule has 1 saturated heterocycles. The standard InChI is InChI=1S/C13H20N2O5/c1-3-20-12(16)11-8-10(9-19-7-5-14)4-6-15(11)13(17)18-2/h10-11H,3-4,6-9H2,1-2H3. The number of nitriles is 1. The monoisotopic (exact) mass is 284 g/mol. The molecule has 0 aliphatic carbocycles. The second kappa shape index (κ2) is 8.38. The number of likely N-dealkylation sites (tertiary alicyclic amines) is 1. The zero-order chi connectivity index (χ0) is 15.0. The molecule has 0 aromatic carbocycles. The highest BCUT2D eigenvalue weighted by Crippen LogP contribution is 2.25. The van der Waals surface area contributed by atoms with E-state index in [1.807, 2.05) is 6.07 Å². The molecular formula is C13H20N2O5. The quantitative estimate of drug-likeness (QED) is 0.551. The Morgan fingerprint density at radius 1 is 1.45 bits per heavy atom. The lowest BCUT2D eigenvalue weighted by molar-refractivity contribution is -0.151. The van der Waals surface area contributed by atoms with E-state index in [1.54, 1.807) is 6.92 Å². The number of piperidine rings is 1. The second-order valence-electron chi connectivity index (χ2n) is 4.49. The second-order valence-corrected chi connectivity index (χ2v) is 4.49. The van der Waals surface area contributed by atoms with Gasteiger partial charge < -0.3 is 14.2 Å². The predicted octanol–water partition coefficient (Wildman–Crippen LogP) is 0.937. The Balaban J connectivity index is 2.65. The summed E-state index contributed by atoms with van der Waals surface area (Å²) in [7, 11) is 1.28. The zero-order valence-electron chi connectivity index (χ0n) is 11.8. The van der Waals surface area contributed by atoms with Crippen LogP contribution >= 0.6 is 0 Å². The molecule has 2 unspecified atom stereocenters. The zero-order valence-corrected chi connectivity index (χ0v) is 11.8. The van der Waals surface area contributed by atoms with Crippen LogP contribution in [0.4, 0.5) is 4.79 Å². The van der Waals surface area contributed by atoms with E-state index in [4.69, 9.17) is 14.7 Å². The third-order valence-corrected chi connectivity index (χ3v) is 3.20. The summed E-state index contributed by atoms with van der Waals surface area (Å²) >= 11 is 0. The van der Waals surface area contributed by atoms with Crippen molar-refractivity contribution in [2.45, 2.75) is 25.8 Å². The van der Waals surface area contributed by atoms with Gasteiger partial charge in [-0.15, -0.1) is 0 Å². The molecule has 0 saturated carbocycles. The molecule has 1 heterocycles. The first-order valence-corrected chi connectivity index (χ1v) is 6.59. The Kier molecular flexibility index (Phi) is 6.81. The number of hydrogen-bond donors (Lipinski definition) is 0. The maximum Gasteiger partial charge on any atom is 0.410 e. The molecule has 0 spiro atoms. The van der Waals surface area contributed by atoms with Crippen molar-refractivity contribution in [3.63, 3.8) is 0 Å². The van der Waals surface area contributed by atoms with Crippen LogP contribution in [0.15, 0.2) is 0 Å². The van der Waals surface area contributed by atoms with Crippen molar-refractivity contribution < 1.29 is 23.8 Å². The summed E-state index contributed by atoms with van der Waals surface area (Å²) < 4.78 is 14.9. The number of carbonyl (C=O) groups excluding carboxylic acids is 2. The van der Waals surface area contributed by atoms with Crippen molar-refractivity contribution >= 4 is 12.1 Å². The molecule has 7 heteroatoms.